The highest BCUT2D eigenvalue weighted by atomic mass is 32.2. The van der Waals surface area contributed by atoms with Crippen LogP contribution in [-0.4, -0.2) is 13.7 Å². The first-order valence-electron chi connectivity index (χ1n) is 3.45. The van der Waals surface area contributed by atoms with E-state index in [1.165, 1.54) is 0 Å². The van der Waals surface area contributed by atoms with Crippen molar-refractivity contribution in [3.05, 3.63) is 0 Å². The molecule has 0 heterocycles. The van der Waals surface area contributed by atoms with E-state index in [0.717, 1.165) is 6.42 Å². The smallest absolute Gasteiger partial charge is 0.197 e. The van der Waals surface area contributed by atoms with Crippen molar-refractivity contribution < 1.29 is 13.0 Å². The van der Waals surface area contributed by atoms with Crippen LogP contribution in [0.3, 0.4) is 0 Å². The average Bonchev–Trinajstić information content (AvgIpc) is 2.11. The summed E-state index contributed by atoms with van der Waals surface area (Å²) >= 11 is 0. The van der Waals surface area contributed by atoms with Gasteiger partial charge in [0.15, 0.2) is 0 Å². The monoisotopic (exact) mass is 163 g/mol. The van der Waals surface area contributed by atoms with Crippen LogP contribution in [-0.2, 0) is 14.7 Å². The van der Waals surface area contributed by atoms with E-state index in [1.807, 2.05) is 6.92 Å². The molecule has 0 bridgehead atoms. The molecule has 1 saturated carbocycles. The summed E-state index contributed by atoms with van der Waals surface area (Å²) in [6.07, 6.45) is 2.00. The molecule has 0 aromatic carbocycles. The first kappa shape index (κ1) is 8.01. The van der Waals surface area contributed by atoms with Gasteiger partial charge in [0.1, 0.15) is 0 Å². The van der Waals surface area contributed by atoms with Gasteiger partial charge in [-0.05, 0) is 25.2 Å². The first-order valence-corrected chi connectivity index (χ1v) is 4.92. The third kappa shape index (κ3) is 1.70. The Labute approximate surface area is 61.2 Å². The third-order valence-corrected chi connectivity index (χ3v) is 3.30. The zero-order chi connectivity index (χ0) is 7.78. The van der Waals surface area contributed by atoms with Gasteiger partial charge >= 0.3 is 0 Å². The van der Waals surface area contributed by atoms with Crippen molar-refractivity contribution in [3.8, 4) is 0 Å². The van der Waals surface area contributed by atoms with Crippen LogP contribution < -0.4 is 0 Å². The molecule has 0 N–H and O–H groups in total. The molecule has 1 aliphatic carbocycles. The van der Waals surface area contributed by atoms with Crippen molar-refractivity contribution in [1.29, 1.82) is 0 Å². The highest BCUT2D eigenvalue weighted by Crippen LogP contribution is 2.29. The summed E-state index contributed by atoms with van der Waals surface area (Å²) in [5.74, 6) is 0.411. The topological polar surface area (TPSA) is 54.0 Å². The molecular weight excluding hydrogens is 152 g/mol. The van der Waals surface area contributed by atoms with Crippen molar-refractivity contribution in [2.75, 3.05) is 0 Å². The Kier molecular flexibility index (Phi) is 2.01. The van der Waals surface area contributed by atoms with E-state index in [0.29, 0.717) is 18.8 Å². The van der Waals surface area contributed by atoms with E-state index in [4.69, 9.17) is 0 Å². The van der Waals surface area contributed by atoms with Crippen LogP contribution in [0.1, 0.15) is 26.2 Å². The Morgan fingerprint density at radius 3 is 2.10 bits per heavy atom. The summed E-state index contributed by atoms with van der Waals surface area (Å²) < 4.78 is 31.3. The number of rotatable bonds is 1. The van der Waals surface area contributed by atoms with Crippen LogP contribution >= 0.6 is 0 Å². The maximum Gasteiger partial charge on any atom is 0.297 e. The minimum atomic E-state index is -3.99. The number of hydrogen-bond donors (Lipinski definition) is 0. The van der Waals surface area contributed by atoms with Crippen LogP contribution in [0.15, 0.2) is 0 Å². The van der Waals surface area contributed by atoms with Gasteiger partial charge in [0.2, 0.25) is 0 Å². The molecule has 0 spiro atoms. The first-order chi connectivity index (χ1) is 4.50. The molecule has 0 aromatic rings. The third-order valence-electron chi connectivity index (χ3n) is 2.05. The molecule has 0 aromatic heterocycles. The molecule has 2 unspecified atom stereocenters. The lowest BCUT2D eigenvalue weighted by Crippen LogP contribution is -2.15. The molecule has 1 radical (unpaired) electrons. The Balaban J connectivity index is 2.62. The van der Waals surface area contributed by atoms with Crippen molar-refractivity contribution in [2.24, 2.45) is 5.92 Å². The summed E-state index contributed by atoms with van der Waals surface area (Å²) in [6, 6.07) is 0. The van der Waals surface area contributed by atoms with E-state index in [-0.39, 0.29) is 0 Å². The van der Waals surface area contributed by atoms with Gasteiger partial charge in [0.25, 0.3) is 10.1 Å². The molecular formula is C6H11O3S. The molecule has 59 valence electrons. The number of hydrogen-bond acceptors (Lipinski definition) is 2. The molecule has 0 aliphatic heterocycles. The van der Waals surface area contributed by atoms with Gasteiger partial charge in [-0.25, -0.2) is 0 Å². The van der Waals surface area contributed by atoms with Crippen molar-refractivity contribution in [1.82, 2.24) is 0 Å². The van der Waals surface area contributed by atoms with Crippen molar-refractivity contribution in [3.63, 3.8) is 0 Å². The Bertz CT molecular complexity index is 207. The zero-order valence-corrected chi connectivity index (χ0v) is 6.73. The lowest BCUT2D eigenvalue weighted by molar-refractivity contribution is 0.400. The lowest BCUT2D eigenvalue weighted by atomic mass is 10.1. The van der Waals surface area contributed by atoms with Crippen LogP contribution in [0.4, 0.5) is 0 Å². The maximum atomic E-state index is 10.4. The SMILES string of the molecule is CC1CCC(S([O])(=O)=O)C1. The fourth-order valence-corrected chi connectivity index (χ4v) is 2.41. The minimum Gasteiger partial charge on any atom is -0.197 e. The minimum absolute atomic E-state index is 0.411. The van der Waals surface area contributed by atoms with Crippen molar-refractivity contribution >= 4 is 10.1 Å². The molecule has 2 atom stereocenters. The quantitative estimate of drug-likeness (QED) is 0.577. The lowest BCUT2D eigenvalue weighted by Gasteiger charge is -2.01. The molecule has 4 heteroatoms. The highest BCUT2D eigenvalue weighted by Gasteiger charge is 2.31. The molecule has 0 saturated heterocycles. The van der Waals surface area contributed by atoms with Gasteiger partial charge < -0.3 is 0 Å². The highest BCUT2D eigenvalue weighted by molar-refractivity contribution is 7.86. The summed E-state index contributed by atoms with van der Waals surface area (Å²) in [7, 11) is -3.99. The Hall–Kier alpha value is -0.0900. The molecule has 3 nitrogen and oxygen atoms in total. The normalized spacial score (nSPS) is 34.6. The predicted octanol–water partition coefficient (Wildman–Crippen LogP) is 0.935. The van der Waals surface area contributed by atoms with Gasteiger partial charge in [-0.2, -0.15) is 8.42 Å². The van der Waals surface area contributed by atoms with Crippen LogP contribution in [0, 0.1) is 5.92 Å². The van der Waals surface area contributed by atoms with Crippen LogP contribution in [0.25, 0.3) is 0 Å². The molecule has 10 heavy (non-hydrogen) atoms. The summed E-state index contributed by atoms with van der Waals surface area (Å²) in [5, 5.41) is -0.595. The van der Waals surface area contributed by atoms with Gasteiger partial charge in [-0.3, -0.25) is 0 Å². The summed E-state index contributed by atoms with van der Waals surface area (Å²) in [5.41, 5.74) is 0. The van der Waals surface area contributed by atoms with Crippen LogP contribution in [0.5, 0.6) is 0 Å². The second-order valence-corrected chi connectivity index (χ2v) is 4.69. The second-order valence-electron chi connectivity index (χ2n) is 3.03. The van der Waals surface area contributed by atoms with Gasteiger partial charge in [0.05, 0.1) is 5.25 Å². The van der Waals surface area contributed by atoms with Crippen molar-refractivity contribution in [2.45, 2.75) is 31.4 Å². The fourth-order valence-electron chi connectivity index (χ4n) is 1.42. The average molecular weight is 163 g/mol. The molecule has 1 rings (SSSR count). The van der Waals surface area contributed by atoms with Crippen LogP contribution in [0.2, 0.25) is 0 Å². The molecule has 1 aliphatic rings. The van der Waals surface area contributed by atoms with E-state index in [1.54, 1.807) is 0 Å². The van der Waals surface area contributed by atoms with E-state index < -0.39 is 15.4 Å². The predicted molar refractivity (Wildman–Crippen MR) is 36.4 cm³/mol. The van der Waals surface area contributed by atoms with Gasteiger partial charge in [-0.15, -0.1) is 0 Å². The van der Waals surface area contributed by atoms with Gasteiger partial charge in [-0.1, -0.05) is 11.5 Å². The zero-order valence-electron chi connectivity index (χ0n) is 5.91. The Morgan fingerprint density at radius 1 is 1.30 bits per heavy atom. The maximum absolute atomic E-state index is 10.4. The fraction of sp³-hybridized carbons (Fsp3) is 1.00. The second kappa shape index (κ2) is 2.51. The summed E-state index contributed by atoms with van der Waals surface area (Å²) in [6.45, 7) is 1.98. The Morgan fingerprint density at radius 2 is 1.90 bits per heavy atom. The van der Waals surface area contributed by atoms with Gasteiger partial charge in [0, 0.05) is 0 Å². The van der Waals surface area contributed by atoms with E-state index in [9.17, 15) is 13.0 Å². The van der Waals surface area contributed by atoms with E-state index >= 15 is 0 Å². The standard InChI is InChI=1S/C6H11O3S/c1-5-2-3-6(4-5)10(7,8)9/h5-6H,2-4H2,1H3. The summed E-state index contributed by atoms with van der Waals surface area (Å²) in [4.78, 5) is 0. The molecule has 1 fully saturated rings. The van der Waals surface area contributed by atoms with E-state index in [2.05, 4.69) is 0 Å². The largest absolute Gasteiger partial charge is 0.297 e. The molecule has 0 amide bonds.